The minimum atomic E-state index is -0.221. The molecule has 0 N–H and O–H groups in total. The minimum absolute atomic E-state index is 0.206. The Hall–Kier alpha value is -1.59. The van der Waals surface area contributed by atoms with E-state index in [-0.39, 0.29) is 18.4 Å². The van der Waals surface area contributed by atoms with Gasteiger partial charge < -0.3 is 4.74 Å². The second kappa shape index (κ2) is 7.11. The van der Waals surface area contributed by atoms with Crippen LogP contribution in [0.5, 0.6) is 0 Å². The molecule has 2 amide bonds. The molecular formula is C17H21NO3S. The van der Waals surface area contributed by atoms with Gasteiger partial charge in [-0.1, -0.05) is 25.1 Å². The van der Waals surface area contributed by atoms with Crippen LogP contribution in [0.15, 0.2) is 23.1 Å². The third-order valence-corrected chi connectivity index (χ3v) is 4.68. The first-order chi connectivity index (χ1) is 10.5. The molecule has 118 valence electrons. The predicted octanol–water partition coefficient (Wildman–Crippen LogP) is 2.78. The number of hydrogen-bond acceptors (Lipinski definition) is 4. The van der Waals surface area contributed by atoms with Crippen LogP contribution in [-0.4, -0.2) is 42.7 Å². The molecule has 0 atom stereocenters. The molecule has 1 aromatic rings. The van der Waals surface area contributed by atoms with Crippen LogP contribution in [0.1, 0.15) is 23.6 Å². The number of hydrogen-bond donors (Lipinski definition) is 0. The number of rotatable bonds is 6. The zero-order valence-corrected chi connectivity index (χ0v) is 14.3. The van der Waals surface area contributed by atoms with Crippen LogP contribution in [0.4, 0.5) is 0 Å². The molecule has 1 aromatic carbocycles. The first kappa shape index (κ1) is 16.8. The Bertz CT molecular complexity index is 637. The van der Waals surface area contributed by atoms with Gasteiger partial charge in [0.2, 0.25) is 0 Å². The Morgan fingerprint density at radius 2 is 1.86 bits per heavy atom. The van der Waals surface area contributed by atoms with E-state index in [9.17, 15) is 9.59 Å². The summed E-state index contributed by atoms with van der Waals surface area (Å²) < 4.78 is 5.00. The van der Waals surface area contributed by atoms with Crippen molar-refractivity contribution in [3.63, 3.8) is 0 Å². The van der Waals surface area contributed by atoms with Crippen LogP contribution in [0.3, 0.4) is 0 Å². The van der Waals surface area contributed by atoms with Gasteiger partial charge in [-0.15, -0.1) is 11.8 Å². The Morgan fingerprint density at radius 3 is 2.45 bits per heavy atom. The molecule has 0 bridgehead atoms. The van der Waals surface area contributed by atoms with Crippen molar-refractivity contribution in [2.75, 3.05) is 26.0 Å². The molecule has 5 heteroatoms. The van der Waals surface area contributed by atoms with Crippen molar-refractivity contribution in [2.45, 2.75) is 20.8 Å². The van der Waals surface area contributed by atoms with Crippen molar-refractivity contribution in [1.82, 2.24) is 4.90 Å². The topological polar surface area (TPSA) is 46.6 Å². The second-order valence-corrected chi connectivity index (χ2v) is 6.47. The average Bonchev–Trinajstić information content (AvgIpc) is 2.72. The number of thioether (sulfide) groups is 1. The number of ether oxygens (including phenoxy) is 1. The summed E-state index contributed by atoms with van der Waals surface area (Å²) >= 11 is 1.43. The van der Waals surface area contributed by atoms with Crippen molar-refractivity contribution in [3.05, 3.63) is 39.8 Å². The fourth-order valence-corrected chi connectivity index (χ4v) is 3.24. The van der Waals surface area contributed by atoms with Gasteiger partial charge in [0.1, 0.15) is 0 Å². The van der Waals surface area contributed by atoms with Crippen LogP contribution in [0, 0.1) is 13.8 Å². The van der Waals surface area contributed by atoms with Crippen LogP contribution >= 0.6 is 11.8 Å². The van der Waals surface area contributed by atoms with E-state index in [1.807, 2.05) is 39.0 Å². The second-order valence-electron chi connectivity index (χ2n) is 5.19. The fourth-order valence-electron chi connectivity index (χ4n) is 2.37. The van der Waals surface area contributed by atoms with Crippen LogP contribution in [0.25, 0.3) is 5.57 Å². The zero-order valence-electron chi connectivity index (χ0n) is 13.4. The number of aryl methyl sites for hydroxylation is 2. The lowest BCUT2D eigenvalue weighted by Gasteiger charge is -2.14. The molecule has 2 rings (SSSR count). The SMILES string of the molecule is CCSC1=C(c2ccc(C)c(C)c2)C(=O)N(CCOC)C1=O. The first-order valence-corrected chi connectivity index (χ1v) is 8.29. The van der Waals surface area contributed by atoms with E-state index in [2.05, 4.69) is 0 Å². The molecule has 0 fully saturated rings. The van der Waals surface area contributed by atoms with Gasteiger partial charge in [-0.05, 0) is 36.3 Å². The quantitative estimate of drug-likeness (QED) is 0.757. The van der Waals surface area contributed by atoms with E-state index in [1.54, 1.807) is 7.11 Å². The van der Waals surface area contributed by atoms with Gasteiger partial charge in [-0.25, -0.2) is 0 Å². The zero-order chi connectivity index (χ0) is 16.3. The molecule has 22 heavy (non-hydrogen) atoms. The van der Waals surface area contributed by atoms with E-state index in [0.717, 1.165) is 16.9 Å². The van der Waals surface area contributed by atoms with Crippen LogP contribution in [-0.2, 0) is 14.3 Å². The molecule has 0 saturated carbocycles. The summed E-state index contributed by atoms with van der Waals surface area (Å²) in [6, 6.07) is 5.88. The number of carbonyl (C=O) groups is 2. The van der Waals surface area contributed by atoms with E-state index in [0.29, 0.717) is 17.1 Å². The molecule has 1 aliphatic heterocycles. The molecule has 1 heterocycles. The van der Waals surface area contributed by atoms with Crippen molar-refractivity contribution in [2.24, 2.45) is 0 Å². The standard InChI is InChI=1S/C17H21NO3S/c1-5-22-15-14(13-7-6-11(2)12(3)10-13)16(19)18(17(15)20)8-9-21-4/h6-7,10H,5,8-9H2,1-4H3. The number of methoxy groups -OCH3 is 1. The summed E-state index contributed by atoms with van der Waals surface area (Å²) in [6.07, 6.45) is 0. The molecule has 0 radical (unpaired) electrons. The first-order valence-electron chi connectivity index (χ1n) is 7.31. The third-order valence-electron chi connectivity index (χ3n) is 3.73. The van der Waals surface area contributed by atoms with Gasteiger partial charge in [0.25, 0.3) is 11.8 Å². The van der Waals surface area contributed by atoms with Gasteiger partial charge in [0.15, 0.2) is 0 Å². The smallest absolute Gasteiger partial charge is 0.268 e. The summed E-state index contributed by atoms with van der Waals surface area (Å²) in [6.45, 7) is 6.65. The molecule has 0 aliphatic carbocycles. The van der Waals surface area contributed by atoms with Crippen LogP contribution < -0.4 is 0 Å². The maximum Gasteiger partial charge on any atom is 0.268 e. The summed E-state index contributed by atoms with van der Waals surface area (Å²) in [5, 5.41) is 0. The maximum absolute atomic E-state index is 12.7. The summed E-state index contributed by atoms with van der Waals surface area (Å²) in [5.41, 5.74) is 3.62. The third kappa shape index (κ3) is 3.10. The number of carbonyl (C=O) groups excluding carboxylic acids is 2. The van der Waals surface area contributed by atoms with Gasteiger partial charge in [-0.3, -0.25) is 14.5 Å². The monoisotopic (exact) mass is 319 g/mol. The maximum atomic E-state index is 12.7. The van der Waals surface area contributed by atoms with E-state index >= 15 is 0 Å². The molecule has 0 aromatic heterocycles. The predicted molar refractivity (Wildman–Crippen MR) is 89.6 cm³/mol. The summed E-state index contributed by atoms with van der Waals surface area (Å²) in [4.78, 5) is 27.0. The molecule has 0 saturated heterocycles. The fraction of sp³-hybridized carbons (Fsp3) is 0.412. The number of benzene rings is 1. The highest BCUT2D eigenvalue weighted by atomic mass is 32.2. The van der Waals surface area contributed by atoms with Crippen molar-refractivity contribution >= 4 is 29.1 Å². The summed E-state index contributed by atoms with van der Waals surface area (Å²) in [7, 11) is 1.56. The molecule has 0 spiro atoms. The van der Waals surface area contributed by atoms with Gasteiger partial charge in [0.05, 0.1) is 23.6 Å². The molecular weight excluding hydrogens is 298 g/mol. The molecule has 0 unspecified atom stereocenters. The van der Waals surface area contributed by atoms with E-state index in [1.165, 1.54) is 22.2 Å². The van der Waals surface area contributed by atoms with Crippen LogP contribution in [0.2, 0.25) is 0 Å². The highest BCUT2D eigenvalue weighted by Crippen LogP contribution is 2.36. The average molecular weight is 319 g/mol. The minimum Gasteiger partial charge on any atom is -0.383 e. The summed E-state index contributed by atoms with van der Waals surface area (Å²) in [5.74, 6) is 0.323. The van der Waals surface area contributed by atoms with E-state index < -0.39 is 0 Å². The lowest BCUT2D eigenvalue weighted by molar-refractivity contribution is -0.137. The molecule has 1 aliphatic rings. The lowest BCUT2D eigenvalue weighted by atomic mass is 10.0. The van der Waals surface area contributed by atoms with Gasteiger partial charge in [-0.2, -0.15) is 0 Å². The Kier molecular flexibility index (Phi) is 5.42. The number of imide groups is 1. The van der Waals surface area contributed by atoms with E-state index in [4.69, 9.17) is 4.74 Å². The number of amides is 2. The van der Waals surface area contributed by atoms with Crippen molar-refractivity contribution < 1.29 is 14.3 Å². The van der Waals surface area contributed by atoms with Crippen molar-refractivity contribution in [1.29, 1.82) is 0 Å². The molecule has 4 nitrogen and oxygen atoms in total. The normalized spacial score (nSPS) is 15.2. The highest BCUT2D eigenvalue weighted by molar-refractivity contribution is 8.04. The Morgan fingerprint density at radius 1 is 1.14 bits per heavy atom. The van der Waals surface area contributed by atoms with Crippen molar-refractivity contribution in [3.8, 4) is 0 Å². The highest BCUT2D eigenvalue weighted by Gasteiger charge is 2.38. The Labute approximate surface area is 135 Å². The largest absolute Gasteiger partial charge is 0.383 e. The number of nitrogens with zero attached hydrogens (tertiary/aromatic N) is 1. The van der Waals surface area contributed by atoms with Gasteiger partial charge >= 0.3 is 0 Å². The van der Waals surface area contributed by atoms with Gasteiger partial charge in [0, 0.05) is 7.11 Å². The Balaban J connectivity index is 2.45. The lowest BCUT2D eigenvalue weighted by Crippen LogP contribution is -2.34.